The zero-order valence-electron chi connectivity index (χ0n) is 4.61. The first-order chi connectivity index (χ1) is 4.24. The Morgan fingerprint density at radius 3 is 1.44 bits per heavy atom. The lowest BCUT2D eigenvalue weighted by molar-refractivity contribution is -0.399. The van der Waals surface area contributed by atoms with E-state index >= 15 is 0 Å². The van der Waals surface area contributed by atoms with Crippen molar-refractivity contribution in [3.63, 3.8) is 0 Å². The maximum Gasteiger partial charge on any atom is 0.354 e. The third-order valence-corrected chi connectivity index (χ3v) is 0.732. The van der Waals surface area contributed by atoms with E-state index in [0.717, 1.165) is 0 Å². The average Bonchev–Trinajstić information content (AvgIpc) is 1.95. The summed E-state index contributed by atoms with van der Waals surface area (Å²) in [4.78, 5) is 11.8. The van der Waals surface area contributed by atoms with Gasteiger partial charge in [-0.3, -0.25) is 0 Å². The highest BCUT2D eigenvalue weighted by molar-refractivity contribution is 4.46. The molecule has 0 aliphatic carbocycles. The molecule has 0 aromatic rings. The van der Waals surface area contributed by atoms with E-state index in [0.29, 0.717) is 0 Å². The molecule has 0 fully saturated rings. The molecule has 0 aliphatic heterocycles. The van der Waals surface area contributed by atoms with Crippen LogP contribution in [0, 0.1) is 0 Å². The van der Waals surface area contributed by atoms with Crippen LogP contribution in [0.2, 0.25) is 0 Å². The van der Waals surface area contributed by atoms with Crippen molar-refractivity contribution in [2.75, 3.05) is 6.61 Å². The molecule has 0 atom stereocenters. The molecule has 0 aromatic heterocycles. The van der Waals surface area contributed by atoms with E-state index in [1.54, 1.807) is 0 Å². The first-order valence-corrected chi connectivity index (χ1v) is 1.99. The maximum absolute atomic E-state index is 8.36. The summed E-state index contributed by atoms with van der Waals surface area (Å²) in [5, 5.41) is 8.36. The number of rotatable bonds is 4. The monoisotopic (exact) mass is 139 g/mol. The Kier molecular flexibility index (Phi) is 3.58. The first kappa shape index (κ1) is 8.72. The van der Waals surface area contributed by atoms with Crippen molar-refractivity contribution in [1.82, 2.24) is 0 Å². The SMILES string of the molecule is NOC(CO)(ON)ON. The molecule has 0 saturated heterocycles. The largest absolute Gasteiger partial charge is 0.388 e. The molecule has 0 rings (SSSR count). The zero-order valence-corrected chi connectivity index (χ0v) is 4.61. The quantitative estimate of drug-likeness (QED) is 0.246. The number of hydrogen-bond acceptors (Lipinski definition) is 7. The van der Waals surface area contributed by atoms with Gasteiger partial charge in [-0.05, 0) is 0 Å². The van der Waals surface area contributed by atoms with E-state index in [2.05, 4.69) is 32.2 Å². The van der Waals surface area contributed by atoms with Gasteiger partial charge >= 0.3 is 5.97 Å². The van der Waals surface area contributed by atoms with Gasteiger partial charge in [0, 0.05) is 0 Å². The van der Waals surface area contributed by atoms with Crippen molar-refractivity contribution in [3.05, 3.63) is 0 Å². The van der Waals surface area contributed by atoms with Crippen LogP contribution >= 0.6 is 0 Å². The molecular weight excluding hydrogens is 130 g/mol. The van der Waals surface area contributed by atoms with Crippen LogP contribution in [0.1, 0.15) is 0 Å². The van der Waals surface area contributed by atoms with Gasteiger partial charge in [0.25, 0.3) is 0 Å². The summed E-state index contributed by atoms with van der Waals surface area (Å²) < 4.78 is 0. The molecule has 0 aromatic carbocycles. The Hall–Kier alpha value is -0.280. The molecule has 0 radical (unpaired) electrons. The molecule has 9 heavy (non-hydrogen) atoms. The van der Waals surface area contributed by atoms with Crippen molar-refractivity contribution >= 4 is 0 Å². The molecule has 7 heteroatoms. The molecule has 0 spiro atoms. The third kappa shape index (κ3) is 1.84. The number of nitrogens with two attached hydrogens (primary N) is 3. The highest BCUT2D eigenvalue weighted by atomic mass is 17.0. The highest BCUT2D eigenvalue weighted by Gasteiger charge is 2.31. The molecule has 0 heterocycles. The van der Waals surface area contributed by atoms with Gasteiger partial charge in [0.15, 0.2) is 0 Å². The molecule has 0 aliphatic rings. The molecule has 0 saturated carbocycles. The topological polar surface area (TPSA) is 126 Å². The van der Waals surface area contributed by atoms with Crippen molar-refractivity contribution in [1.29, 1.82) is 0 Å². The van der Waals surface area contributed by atoms with Crippen molar-refractivity contribution in [3.8, 4) is 0 Å². The molecule has 0 bridgehead atoms. The smallest absolute Gasteiger partial charge is 0.354 e. The fourth-order valence-corrected chi connectivity index (χ4v) is 0.195. The van der Waals surface area contributed by atoms with Gasteiger partial charge in [-0.2, -0.15) is 0 Å². The predicted octanol–water partition coefficient (Wildman–Crippen LogP) is -2.70. The van der Waals surface area contributed by atoms with Crippen LogP contribution in [0.4, 0.5) is 0 Å². The number of hydrogen-bond donors (Lipinski definition) is 4. The first-order valence-electron chi connectivity index (χ1n) is 1.99. The number of aliphatic hydroxyl groups is 1. The standard InChI is InChI=1S/C2H9N3O4/c3-7-2(1-6,8-4)9-5/h6H,1,3-5H2. The third-order valence-electron chi connectivity index (χ3n) is 0.732. The Bertz CT molecular complexity index is 56.7. The summed E-state index contributed by atoms with van der Waals surface area (Å²) in [5.74, 6) is 11.8. The summed E-state index contributed by atoms with van der Waals surface area (Å²) in [6.45, 7) is -0.698. The van der Waals surface area contributed by atoms with E-state index in [1.807, 2.05) is 0 Å². The Morgan fingerprint density at radius 1 is 1.11 bits per heavy atom. The van der Waals surface area contributed by atoms with Crippen LogP contribution < -0.4 is 17.7 Å². The van der Waals surface area contributed by atoms with Gasteiger partial charge < -0.3 is 5.11 Å². The second-order valence-corrected chi connectivity index (χ2v) is 1.19. The normalized spacial score (nSPS) is 12.0. The van der Waals surface area contributed by atoms with Crippen LogP contribution in [0.3, 0.4) is 0 Å². The van der Waals surface area contributed by atoms with Crippen molar-refractivity contribution < 1.29 is 19.6 Å². The summed E-state index contributed by atoms with van der Waals surface area (Å²) in [6.07, 6.45) is 0. The van der Waals surface area contributed by atoms with E-state index in [1.165, 1.54) is 0 Å². The highest BCUT2D eigenvalue weighted by Crippen LogP contribution is 2.04. The van der Waals surface area contributed by atoms with Crippen LogP contribution in [0.15, 0.2) is 0 Å². The molecule has 7 N–H and O–H groups in total. The van der Waals surface area contributed by atoms with Crippen LogP contribution in [-0.4, -0.2) is 17.7 Å². The van der Waals surface area contributed by atoms with Gasteiger partial charge in [0.2, 0.25) is 0 Å². The second kappa shape index (κ2) is 3.69. The molecule has 7 nitrogen and oxygen atoms in total. The summed E-state index contributed by atoms with van der Waals surface area (Å²) in [6, 6.07) is 0. The van der Waals surface area contributed by atoms with Crippen molar-refractivity contribution in [2.24, 2.45) is 17.7 Å². The Balaban J connectivity index is 3.82. The van der Waals surface area contributed by atoms with Gasteiger partial charge in [-0.15, -0.1) is 0 Å². The summed E-state index contributed by atoms with van der Waals surface area (Å²) in [7, 11) is 0. The molecule has 56 valence electrons. The Labute approximate surface area is 51.1 Å². The molecular formula is C2H9N3O4. The van der Waals surface area contributed by atoms with Gasteiger partial charge in [0.1, 0.15) is 6.61 Å². The fraction of sp³-hybridized carbons (Fsp3) is 1.00. The predicted molar refractivity (Wildman–Crippen MR) is 25.6 cm³/mol. The average molecular weight is 139 g/mol. The minimum Gasteiger partial charge on any atom is -0.388 e. The maximum atomic E-state index is 8.36. The van der Waals surface area contributed by atoms with Gasteiger partial charge in [-0.1, -0.05) is 0 Å². The van der Waals surface area contributed by atoms with E-state index < -0.39 is 12.6 Å². The van der Waals surface area contributed by atoms with Crippen LogP contribution in [-0.2, 0) is 14.5 Å². The minimum absolute atomic E-state index is 0.698. The summed E-state index contributed by atoms with van der Waals surface area (Å²) in [5.41, 5.74) is 0. The van der Waals surface area contributed by atoms with Gasteiger partial charge in [0.05, 0.1) is 0 Å². The molecule has 0 amide bonds. The lowest BCUT2D eigenvalue weighted by atomic mass is 10.6. The second-order valence-electron chi connectivity index (χ2n) is 1.19. The van der Waals surface area contributed by atoms with E-state index in [-0.39, 0.29) is 0 Å². The van der Waals surface area contributed by atoms with E-state index in [9.17, 15) is 0 Å². The molecule has 0 unspecified atom stereocenters. The van der Waals surface area contributed by atoms with Crippen LogP contribution in [0.25, 0.3) is 0 Å². The lowest BCUT2D eigenvalue weighted by Crippen LogP contribution is -2.48. The summed E-state index contributed by atoms with van der Waals surface area (Å²) >= 11 is 0. The minimum atomic E-state index is -1.94. The Morgan fingerprint density at radius 2 is 1.44 bits per heavy atom. The van der Waals surface area contributed by atoms with Crippen molar-refractivity contribution in [2.45, 2.75) is 5.97 Å². The fourth-order valence-electron chi connectivity index (χ4n) is 0.195. The van der Waals surface area contributed by atoms with Gasteiger partial charge in [-0.25, -0.2) is 32.2 Å². The van der Waals surface area contributed by atoms with E-state index in [4.69, 9.17) is 5.11 Å². The van der Waals surface area contributed by atoms with Crippen LogP contribution in [0.5, 0.6) is 0 Å². The number of aliphatic hydroxyl groups excluding tert-OH is 1. The lowest BCUT2D eigenvalue weighted by Gasteiger charge is -2.22. The zero-order chi connectivity index (χ0) is 7.33.